The van der Waals surface area contributed by atoms with Gasteiger partial charge >= 0.3 is 0 Å². The summed E-state index contributed by atoms with van der Waals surface area (Å²) in [6.45, 7) is 2.59. The van der Waals surface area contributed by atoms with Crippen LogP contribution >= 0.6 is 11.6 Å². The van der Waals surface area contributed by atoms with E-state index in [1.54, 1.807) is 29.2 Å². The highest BCUT2D eigenvalue weighted by Gasteiger charge is 2.31. The molecule has 5 nitrogen and oxygen atoms in total. The van der Waals surface area contributed by atoms with Crippen LogP contribution in [0.5, 0.6) is 5.75 Å². The van der Waals surface area contributed by atoms with Crippen molar-refractivity contribution in [2.45, 2.75) is 25.9 Å². The number of nitrogens with zero attached hydrogens (tertiary/aromatic N) is 1. The number of carbonyl (C=O) groups is 2. The third-order valence-corrected chi connectivity index (χ3v) is 5.17. The number of benzene rings is 3. The van der Waals surface area contributed by atoms with Crippen molar-refractivity contribution in [1.82, 2.24) is 10.2 Å². The van der Waals surface area contributed by atoms with Crippen LogP contribution in [0.25, 0.3) is 0 Å². The first-order valence-corrected chi connectivity index (χ1v) is 11.0. The molecule has 0 unspecified atom stereocenters. The second kappa shape index (κ2) is 11.9. The lowest BCUT2D eigenvalue weighted by molar-refractivity contribution is -0.143. The zero-order chi connectivity index (χ0) is 22.8. The molecular formula is C26H27ClN2O3. The third-order valence-electron chi connectivity index (χ3n) is 4.92. The number of carbonyl (C=O) groups excluding carboxylic acids is 2. The molecule has 0 spiro atoms. The van der Waals surface area contributed by atoms with E-state index in [1.165, 1.54) is 0 Å². The highest BCUT2D eigenvalue weighted by molar-refractivity contribution is 6.30. The van der Waals surface area contributed by atoms with Gasteiger partial charge in [-0.05, 0) is 41.8 Å². The Hall–Kier alpha value is -3.31. The summed E-state index contributed by atoms with van der Waals surface area (Å²) in [5.74, 6) is 0.0865. The van der Waals surface area contributed by atoms with E-state index in [9.17, 15) is 9.59 Å². The number of nitrogens with one attached hydrogen (secondary N) is 1. The van der Waals surface area contributed by atoms with Crippen LogP contribution in [-0.4, -0.2) is 29.9 Å². The maximum absolute atomic E-state index is 13.4. The van der Waals surface area contributed by atoms with Crippen molar-refractivity contribution in [3.05, 3.63) is 101 Å². The number of ether oxygens (including phenoxy) is 1. The van der Waals surface area contributed by atoms with Crippen LogP contribution in [0.15, 0.2) is 84.9 Å². The molecule has 3 rings (SSSR count). The van der Waals surface area contributed by atoms with Gasteiger partial charge in [-0.3, -0.25) is 9.59 Å². The van der Waals surface area contributed by atoms with Crippen LogP contribution < -0.4 is 10.1 Å². The second-order valence-corrected chi connectivity index (χ2v) is 7.79. The standard InChI is InChI=1S/C26H27ClN2O3/c1-2-17-28-26(31)25(21-9-5-3-6-10-21)29(18-20-13-15-22(27)16-14-20)24(30)19-32-23-11-7-4-8-12-23/h3-16,25H,2,17-19H2,1H3,(H,28,31)/t25-/m0/s1. The lowest BCUT2D eigenvalue weighted by atomic mass is 10.0. The normalized spacial score (nSPS) is 11.4. The van der Waals surface area contributed by atoms with Crippen molar-refractivity contribution in [2.24, 2.45) is 0 Å². The molecule has 3 aromatic carbocycles. The molecule has 0 bridgehead atoms. The van der Waals surface area contributed by atoms with Gasteiger partial charge in [-0.2, -0.15) is 0 Å². The Balaban J connectivity index is 1.91. The Morgan fingerprint density at radius 1 is 0.938 bits per heavy atom. The van der Waals surface area contributed by atoms with Crippen molar-refractivity contribution in [1.29, 1.82) is 0 Å². The number of para-hydroxylation sites is 1. The van der Waals surface area contributed by atoms with Crippen molar-refractivity contribution >= 4 is 23.4 Å². The van der Waals surface area contributed by atoms with E-state index in [-0.39, 0.29) is 25.0 Å². The summed E-state index contributed by atoms with van der Waals surface area (Å²) in [5.41, 5.74) is 1.61. The van der Waals surface area contributed by atoms with E-state index in [0.29, 0.717) is 17.3 Å². The fourth-order valence-electron chi connectivity index (χ4n) is 3.31. The molecule has 0 aromatic heterocycles. The van der Waals surface area contributed by atoms with E-state index < -0.39 is 6.04 Å². The van der Waals surface area contributed by atoms with Gasteiger partial charge in [0.05, 0.1) is 0 Å². The van der Waals surface area contributed by atoms with Crippen molar-refractivity contribution in [3.8, 4) is 5.75 Å². The van der Waals surface area contributed by atoms with Gasteiger partial charge in [0.15, 0.2) is 6.61 Å². The van der Waals surface area contributed by atoms with Gasteiger partial charge in [0, 0.05) is 18.1 Å². The molecule has 166 valence electrons. The number of halogens is 1. The molecular weight excluding hydrogens is 424 g/mol. The van der Waals surface area contributed by atoms with Crippen LogP contribution in [-0.2, 0) is 16.1 Å². The fourth-order valence-corrected chi connectivity index (χ4v) is 3.43. The Bertz CT molecular complexity index is 995. The molecule has 2 amide bonds. The quantitative estimate of drug-likeness (QED) is 0.472. The summed E-state index contributed by atoms with van der Waals surface area (Å²) >= 11 is 6.03. The van der Waals surface area contributed by atoms with Gasteiger partial charge in [0.2, 0.25) is 5.91 Å². The fraction of sp³-hybridized carbons (Fsp3) is 0.231. The van der Waals surface area contributed by atoms with Crippen LogP contribution in [0.2, 0.25) is 5.02 Å². The zero-order valence-corrected chi connectivity index (χ0v) is 18.8. The van der Waals surface area contributed by atoms with Gasteiger partial charge in [-0.25, -0.2) is 0 Å². The minimum Gasteiger partial charge on any atom is -0.484 e. The second-order valence-electron chi connectivity index (χ2n) is 7.35. The molecule has 1 N–H and O–H groups in total. The minimum atomic E-state index is -0.787. The minimum absolute atomic E-state index is 0.179. The smallest absolute Gasteiger partial charge is 0.261 e. The van der Waals surface area contributed by atoms with Crippen LogP contribution in [0.1, 0.15) is 30.5 Å². The molecule has 0 fully saturated rings. The lowest BCUT2D eigenvalue weighted by Crippen LogP contribution is -2.45. The van der Waals surface area contributed by atoms with Crippen molar-refractivity contribution in [2.75, 3.05) is 13.2 Å². The first kappa shape index (κ1) is 23.4. The molecule has 0 aliphatic heterocycles. The highest BCUT2D eigenvalue weighted by atomic mass is 35.5. The monoisotopic (exact) mass is 450 g/mol. The Morgan fingerprint density at radius 2 is 1.56 bits per heavy atom. The average Bonchev–Trinajstić information content (AvgIpc) is 2.83. The average molecular weight is 451 g/mol. The molecule has 1 atom stereocenters. The Kier molecular flexibility index (Phi) is 8.70. The highest BCUT2D eigenvalue weighted by Crippen LogP contribution is 2.25. The Labute approximate surface area is 194 Å². The van der Waals surface area contributed by atoms with E-state index in [0.717, 1.165) is 17.5 Å². The lowest BCUT2D eigenvalue weighted by Gasteiger charge is -2.31. The van der Waals surface area contributed by atoms with Gasteiger partial charge < -0.3 is 15.0 Å². The van der Waals surface area contributed by atoms with E-state index >= 15 is 0 Å². The van der Waals surface area contributed by atoms with Crippen molar-refractivity contribution < 1.29 is 14.3 Å². The summed E-state index contributed by atoms with van der Waals surface area (Å²) in [6.07, 6.45) is 0.801. The number of rotatable bonds is 10. The predicted molar refractivity (Wildman–Crippen MR) is 126 cm³/mol. The van der Waals surface area contributed by atoms with Crippen LogP contribution in [0.3, 0.4) is 0 Å². The summed E-state index contributed by atoms with van der Waals surface area (Å²) in [5, 5.41) is 3.55. The molecule has 0 radical (unpaired) electrons. The molecule has 0 heterocycles. The van der Waals surface area contributed by atoms with Gasteiger partial charge in [0.25, 0.3) is 5.91 Å². The third kappa shape index (κ3) is 6.59. The zero-order valence-electron chi connectivity index (χ0n) is 18.0. The molecule has 0 aliphatic rings. The molecule has 6 heteroatoms. The number of hydrogen-bond acceptors (Lipinski definition) is 3. The molecule has 0 saturated carbocycles. The van der Waals surface area contributed by atoms with E-state index in [4.69, 9.17) is 16.3 Å². The van der Waals surface area contributed by atoms with Crippen molar-refractivity contribution in [3.63, 3.8) is 0 Å². The summed E-state index contributed by atoms with van der Waals surface area (Å²) < 4.78 is 5.71. The van der Waals surface area contributed by atoms with E-state index in [2.05, 4.69) is 5.32 Å². The van der Waals surface area contributed by atoms with E-state index in [1.807, 2.05) is 67.6 Å². The molecule has 3 aromatic rings. The number of hydrogen-bond donors (Lipinski definition) is 1. The summed E-state index contributed by atoms with van der Waals surface area (Å²) in [7, 11) is 0. The van der Waals surface area contributed by atoms with Gasteiger partial charge in [0.1, 0.15) is 11.8 Å². The first-order chi connectivity index (χ1) is 15.6. The SMILES string of the molecule is CCCNC(=O)[C@H](c1ccccc1)N(Cc1ccc(Cl)cc1)C(=O)COc1ccccc1. The number of amides is 2. The van der Waals surface area contributed by atoms with Gasteiger partial charge in [-0.1, -0.05) is 79.2 Å². The predicted octanol–water partition coefficient (Wildman–Crippen LogP) is 5.02. The Morgan fingerprint density at radius 3 is 2.19 bits per heavy atom. The van der Waals surface area contributed by atoms with Crippen LogP contribution in [0.4, 0.5) is 0 Å². The largest absolute Gasteiger partial charge is 0.484 e. The maximum atomic E-state index is 13.4. The molecule has 32 heavy (non-hydrogen) atoms. The molecule has 0 saturated heterocycles. The van der Waals surface area contributed by atoms with Crippen LogP contribution in [0, 0.1) is 0 Å². The van der Waals surface area contributed by atoms with Gasteiger partial charge in [-0.15, -0.1) is 0 Å². The maximum Gasteiger partial charge on any atom is 0.261 e. The summed E-state index contributed by atoms with van der Waals surface area (Å²) in [6, 6.07) is 24.9. The first-order valence-electron chi connectivity index (χ1n) is 10.6. The topological polar surface area (TPSA) is 58.6 Å². The summed E-state index contributed by atoms with van der Waals surface area (Å²) in [4.78, 5) is 28.1. The molecule has 0 aliphatic carbocycles.